The molecule has 1 atom stereocenters. The Bertz CT molecular complexity index is 152. The average molecular weight is 219 g/mol. The van der Waals surface area contributed by atoms with Crippen molar-refractivity contribution in [1.82, 2.24) is 9.80 Å². The molecule has 0 aromatic carbocycles. The van der Waals surface area contributed by atoms with E-state index in [0.717, 1.165) is 24.8 Å². The Kier molecular flexibility index (Phi) is 5.83. The molecule has 1 heterocycles. The van der Waals surface area contributed by atoms with Crippen LogP contribution in [-0.2, 0) is 0 Å². The maximum absolute atomic E-state index is 5.68. The van der Waals surface area contributed by atoms with E-state index < -0.39 is 0 Å². The molecular weight excluding hydrogens is 196 g/mol. The lowest BCUT2D eigenvalue weighted by molar-refractivity contribution is 0.167. The monoisotopic (exact) mass is 218 g/mol. The van der Waals surface area contributed by atoms with Crippen molar-refractivity contribution in [2.24, 2.45) is 5.92 Å². The van der Waals surface area contributed by atoms with Crippen LogP contribution in [0.15, 0.2) is 0 Å². The van der Waals surface area contributed by atoms with E-state index in [-0.39, 0.29) is 0 Å². The summed E-state index contributed by atoms with van der Waals surface area (Å²) in [7, 11) is 4.44. The van der Waals surface area contributed by atoms with Crippen molar-refractivity contribution >= 4 is 11.6 Å². The number of alkyl halides is 1. The van der Waals surface area contributed by atoms with E-state index in [1.807, 2.05) is 0 Å². The number of piperidine rings is 1. The van der Waals surface area contributed by atoms with Gasteiger partial charge in [-0.25, -0.2) is 0 Å². The minimum absolute atomic E-state index is 0.787. The second-order valence-electron chi connectivity index (χ2n) is 4.58. The molecule has 1 fully saturated rings. The standard InChI is InChI=1S/C11H23ClN2/c1-13-7-3-5-11(9-13)10-14(2)8-4-6-12/h11H,3-10H2,1-2H3. The highest BCUT2D eigenvalue weighted by molar-refractivity contribution is 6.17. The van der Waals surface area contributed by atoms with E-state index >= 15 is 0 Å². The molecule has 2 nitrogen and oxygen atoms in total. The molecule has 0 radical (unpaired) electrons. The fraction of sp³-hybridized carbons (Fsp3) is 1.00. The summed E-state index contributed by atoms with van der Waals surface area (Å²) in [5.74, 6) is 1.66. The van der Waals surface area contributed by atoms with Gasteiger partial charge in [0.25, 0.3) is 0 Å². The Morgan fingerprint density at radius 2 is 2.29 bits per heavy atom. The first-order valence-electron chi connectivity index (χ1n) is 5.65. The lowest BCUT2D eigenvalue weighted by Gasteiger charge is -2.32. The summed E-state index contributed by atoms with van der Waals surface area (Å²) < 4.78 is 0. The summed E-state index contributed by atoms with van der Waals surface area (Å²) in [6.45, 7) is 4.93. The van der Waals surface area contributed by atoms with Gasteiger partial charge in [0, 0.05) is 19.0 Å². The van der Waals surface area contributed by atoms with Crippen LogP contribution in [0.1, 0.15) is 19.3 Å². The van der Waals surface area contributed by atoms with Gasteiger partial charge in [0.15, 0.2) is 0 Å². The summed E-state index contributed by atoms with van der Waals surface area (Å²) in [6.07, 6.45) is 3.88. The van der Waals surface area contributed by atoms with E-state index in [1.54, 1.807) is 0 Å². The third-order valence-corrected chi connectivity index (χ3v) is 3.23. The summed E-state index contributed by atoms with van der Waals surface area (Å²) in [5.41, 5.74) is 0. The van der Waals surface area contributed by atoms with E-state index in [2.05, 4.69) is 23.9 Å². The van der Waals surface area contributed by atoms with Crippen molar-refractivity contribution in [3.05, 3.63) is 0 Å². The zero-order valence-electron chi connectivity index (χ0n) is 9.51. The van der Waals surface area contributed by atoms with E-state index in [9.17, 15) is 0 Å². The van der Waals surface area contributed by atoms with E-state index in [0.29, 0.717) is 0 Å². The number of halogens is 1. The molecule has 0 aromatic heterocycles. The van der Waals surface area contributed by atoms with Crippen LogP contribution < -0.4 is 0 Å². The van der Waals surface area contributed by atoms with Crippen molar-refractivity contribution in [3.63, 3.8) is 0 Å². The maximum Gasteiger partial charge on any atom is 0.0235 e. The van der Waals surface area contributed by atoms with Crippen LogP contribution in [0.5, 0.6) is 0 Å². The molecule has 0 amide bonds. The Hall–Kier alpha value is 0.210. The summed E-state index contributed by atoms with van der Waals surface area (Å²) in [4.78, 5) is 4.87. The van der Waals surface area contributed by atoms with Crippen molar-refractivity contribution in [1.29, 1.82) is 0 Å². The van der Waals surface area contributed by atoms with E-state index in [1.165, 1.54) is 32.5 Å². The zero-order valence-corrected chi connectivity index (χ0v) is 10.3. The first-order chi connectivity index (χ1) is 6.72. The molecule has 0 saturated carbocycles. The van der Waals surface area contributed by atoms with Gasteiger partial charge in [-0.3, -0.25) is 0 Å². The Morgan fingerprint density at radius 1 is 1.50 bits per heavy atom. The summed E-state index contributed by atoms with van der Waals surface area (Å²) >= 11 is 5.68. The highest BCUT2D eigenvalue weighted by Crippen LogP contribution is 2.15. The molecule has 1 aliphatic rings. The minimum atomic E-state index is 0.787. The van der Waals surface area contributed by atoms with Crippen LogP contribution in [0.2, 0.25) is 0 Å². The first-order valence-corrected chi connectivity index (χ1v) is 6.19. The minimum Gasteiger partial charge on any atom is -0.306 e. The van der Waals surface area contributed by atoms with Gasteiger partial charge in [-0.15, -0.1) is 11.6 Å². The van der Waals surface area contributed by atoms with Gasteiger partial charge >= 0.3 is 0 Å². The first kappa shape index (κ1) is 12.3. The Labute approximate surface area is 93.2 Å². The van der Waals surface area contributed by atoms with Crippen LogP contribution >= 0.6 is 11.6 Å². The molecule has 84 valence electrons. The lowest BCUT2D eigenvalue weighted by atomic mass is 9.98. The lowest BCUT2D eigenvalue weighted by Crippen LogP contribution is -2.38. The molecule has 1 saturated heterocycles. The topological polar surface area (TPSA) is 6.48 Å². The van der Waals surface area contributed by atoms with Crippen molar-refractivity contribution in [2.45, 2.75) is 19.3 Å². The van der Waals surface area contributed by atoms with Crippen LogP contribution in [-0.4, -0.2) is 56.0 Å². The molecule has 0 aliphatic carbocycles. The fourth-order valence-corrected chi connectivity index (χ4v) is 2.40. The number of hydrogen-bond donors (Lipinski definition) is 0. The van der Waals surface area contributed by atoms with E-state index in [4.69, 9.17) is 11.6 Å². The third kappa shape index (κ3) is 4.63. The highest BCUT2D eigenvalue weighted by Gasteiger charge is 2.18. The van der Waals surface area contributed by atoms with Crippen molar-refractivity contribution in [3.8, 4) is 0 Å². The largest absolute Gasteiger partial charge is 0.306 e. The van der Waals surface area contributed by atoms with Crippen LogP contribution in [0.25, 0.3) is 0 Å². The normalized spacial score (nSPS) is 24.4. The summed E-state index contributed by atoms with van der Waals surface area (Å²) in [5, 5.41) is 0. The van der Waals surface area contributed by atoms with Gasteiger partial charge in [0.2, 0.25) is 0 Å². The predicted molar refractivity (Wildman–Crippen MR) is 63.1 cm³/mol. The SMILES string of the molecule is CN(CCCCl)CC1CCCN(C)C1. The summed E-state index contributed by atoms with van der Waals surface area (Å²) in [6, 6.07) is 0. The predicted octanol–water partition coefficient (Wildman–Crippen LogP) is 1.89. The number of hydrogen-bond acceptors (Lipinski definition) is 2. The molecule has 1 rings (SSSR count). The smallest absolute Gasteiger partial charge is 0.0235 e. The average Bonchev–Trinajstić information content (AvgIpc) is 2.15. The van der Waals surface area contributed by atoms with Gasteiger partial charge < -0.3 is 9.80 Å². The number of nitrogens with zero attached hydrogens (tertiary/aromatic N) is 2. The Balaban J connectivity index is 2.15. The Morgan fingerprint density at radius 3 is 2.93 bits per heavy atom. The van der Waals surface area contributed by atoms with Crippen LogP contribution in [0.3, 0.4) is 0 Å². The second-order valence-corrected chi connectivity index (χ2v) is 4.95. The van der Waals surface area contributed by atoms with Crippen molar-refractivity contribution < 1.29 is 0 Å². The number of likely N-dealkylation sites (tertiary alicyclic amines) is 1. The van der Waals surface area contributed by atoms with Crippen LogP contribution in [0.4, 0.5) is 0 Å². The van der Waals surface area contributed by atoms with Gasteiger partial charge in [0.05, 0.1) is 0 Å². The van der Waals surface area contributed by atoms with Gasteiger partial charge in [-0.2, -0.15) is 0 Å². The third-order valence-electron chi connectivity index (χ3n) is 2.97. The van der Waals surface area contributed by atoms with Gasteiger partial charge in [-0.1, -0.05) is 0 Å². The molecule has 14 heavy (non-hydrogen) atoms. The molecule has 1 unspecified atom stereocenters. The molecular formula is C11H23ClN2. The molecule has 0 aromatic rings. The number of rotatable bonds is 5. The van der Waals surface area contributed by atoms with Crippen LogP contribution in [0, 0.1) is 5.92 Å². The molecule has 0 spiro atoms. The molecule has 3 heteroatoms. The van der Waals surface area contributed by atoms with Gasteiger partial charge in [0.1, 0.15) is 0 Å². The second kappa shape index (κ2) is 6.65. The molecule has 1 aliphatic heterocycles. The van der Waals surface area contributed by atoms with Gasteiger partial charge in [-0.05, 0) is 52.4 Å². The zero-order chi connectivity index (χ0) is 10.4. The quantitative estimate of drug-likeness (QED) is 0.651. The van der Waals surface area contributed by atoms with Crippen molar-refractivity contribution in [2.75, 3.05) is 46.2 Å². The maximum atomic E-state index is 5.68. The highest BCUT2D eigenvalue weighted by atomic mass is 35.5. The molecule has 0 bridgehead atoms. The fourth-order valence-electron chi connectivity index (χ4n) is 2.28. The molecule has 0 N–H and O–H groups in total.